The van der Waals surface area contributed by atoms with E-state index in [0.717, 1.165) is 25.7 Å². The molecule has 0 unspecified atom stereocenters. The molecule has 1 aliphatic rings. The lowest BCUT2D eigenvalue weighted by Gasteiger charge is -2.31. The molecule has 2 aromatic rings. The number of para-hydroxylation sites is 1. The van der Waals surface area contributed by atoms with Crippen molar-refractivity contribution in [3.8, 4) is 0 Å². The summed E-state index contributed by atoms with van der Waals surface area (Å²) in [6.07, 6.45) is 6.91. The van der Waals surface area contributed by atoms with Crippen molar-refractivity contribution in [3.63, 3.8) is 0 Å². The van der Waals surface area contributed by atoms with Crippen molar-refractivity contribution in [2.45, 2.75) is 43.0 Å². The zero-order valence-electron chi connectivity index (χ0n) is 17.1. The Labute approximate surface area is 184 Å². The van der Waals surface area contributed by atoms with Crippen LogP contribution in [-0.4, -0.2) is 38.9 Å². The van der Waals surface area contributed by atoms with Crippen molar-refractivity contribution < 1.29 is 13.2 Å². The average Bonchev–Trinajstić information content (AvgIpc) is 2.77. The minimum Gasteiger partial charge on any atom is -0.339 e. The standard InChI is InChI=1S/C23H27ClN2O3S/c1-3-16-26(22-15-8-7-14-21(22)24)30(28,29)20-13-9-10-18(17-20)23(27)25(2)19-11-5-4-6-12-19/h3,7-10,13-15,17,19H,1,4-6,11-12,16H2,2H3. The first-order valence-electron chi connectivity index (χ1n) is 10.1. The molecule has 1 saturated carbocycles. The SMILES string of the molecule is C=CCN(c1ccccc1Cl)S(=O)(=O)c1cccc(C(=O)N(C)C2CCCCC2)c1. The van der Waals surface area contributed by atoms with Crippen LogP contribution in [0.2, 0.25) is 5.02 Å². The van der Waals surface area contributed by atoms with Crippen molar-refractivity contribution in [3.05, 3.63) is 71.8 Å². The fourth-order valence-electron chi connectivity index (χ4n) is 3.85. The second-order valence-corrected chi connectivity index (χ2v) is 9.78. The number of nitrogens with zero attached hydrogens (tertiary/aromatic N) is 2. The smallest absolute Gasteiger partial charge is 0.264 e. The maximum atomic E-state index is 13.4. The number of hydrogen-bond donors (Lipinski definition) is 0. The first kappa shape index (κ1) is 22.4. The van der Waals surface area contributed by atoms with Gasteiger partial charge in [0.15, 0.2) is 0 Å². The molecule has 0 aromatic heterocycles. The van der Waals surface area contributed by atoms with Gasteiger partial charge < -0.3 is 4.90 Å². The second-order valence-electron chi connectivity index (χ2n) is 7.51. The molecule has 0 saturated heterocycles. The summed E-state index contributed by atoms with van der Waals surface area (Å²) >= 11 is 6.26. The van der Waals surface area contributed by atoms with Crippen LogP contribution >= 0.6 is 11.6 Å². The molecule has 1 fully saturated rings. The van der Waals surface area contributed by atoms with E-state index >= 15 is 0 Å². The largest absolute Gasteiger partial charge is 0.339 e. The van der Waals surface area contributed by atoms with Crippen LogP contribution in [-0.2, 0) is 10.0 Å². The fraction of sp³-hybridized carbons (Fsp3) is 0.348. The van der Waals surface area contributed by atoms with Gasteiger partial charge in [-0.05, 0) is 43.2 Å². The molecule has 3 rings (SSSR count). The number of halogens is 1. The molecule has 160 valence electrons. The summed E-state index contributed by atoms with van der Waals surface area (Å²) in [7, 11) is -2.14. The van der Waals surface area contributed by atoms with E-state index in [1.54, 1.807) is 48.3 Å². The van der Waals surface area contributed by atoms with Gasteiger partial charge in [-0.25, -0.2) is 8.42 Å². The summed E-state index contributed by atoms with van der Waals surface area (Å²) in [5, 5.41) is 0.326. The summed E-state index contributed by atoms with van der Waals surface area (Å²) in [4.78, 5) is 14.8. The van der Waals surface area contributed by atoms with Gasteiger partial charge in [0.2, 0.25) is 0 Å². The molecule has 2 aromatic carbocycles. The van der Waals surface area contributed by atoms with Crippen LogP contribution in [0.25, 0.3) is 0 Å². The van der Waals surface area contributed by atoms with Gasteiger partial charge in [0.05, 0.1) is 22.2 Å². The summed E-state index contributed by atoms with van der Waals surface area (Å²) < 4.78 is 28.0. The predicted molar refractivity (Wildman–Crippen MR) is 122 cm³/mol. The Morgan fingerprint density at radius 2 is 1.83 bits per heavy atom. The Hall–Kier alpha value is -2.31. The lowest BCUT2D eigenvalue weighted by molar-refractivity contribution is 0.0696. The highest BCUT2D eigenvalue weighted by molar-refractivity contribution is 7.92. The van der Waals surface area contributed by atoms with Gasteiger partial charge >= 0.3 is 0 Å². The van der Waals surface area contributed by atoms with E-state index in [9.17, 15) is 13.2 Å². The summed E-state index contributed by atoms with van der Waals surface area (Å²) in [6, 6.07) is 13.2. The lowest BCUT2D eigenvalue weighted by Crippen LogP contribution is -2.38. The number of benzene rings is 2. The predicted octanol–water partition coefficient (Wildman–Crippen LogP) is 5.13. The molecular weight excluding hydrogens is 420 g/mol. The molecule has 0 heterocycles. The van der Waals surface area contributed by atoms with E-state index in [2.05, 4.69) is 6.58 Å². The van der Waals surface area contributed by atoms with E-state index in [1.165, 1.54) is 28.9 Å². The van der Waals surface area contributed by atoms with Crippen LogP contribution in [0, 0.1) is 0 Å². The van der Waals surface area contributed by atoms with Crippen molar-refractivity contribution in [2.75, 3.05) is 17.9 Å². The molecule has 0 N–H and O–H groups in total. The van der Waals surface area contributed by atoms with Crippen molar-refractivity contribution >= 4 is 33.2 Å². The summed E-state index contributed by atoms with van der Waals surface area (Å²) in [5.74, 6) is -0.160. The maximum Gasteiger partial charge on any atom is 0.264 e. The highest BCUT2D eigenvalue weighted by Crippen LogP contribution is 2.31. The third kappa shape index (κ3) is 4.71. The molecule has 0 aliphatic heterocycles. The van der Waals surface area contributed by atoms with E-state index < -0.39 is 10.0 Å². The highest BCUT2D eigenvalue weighted by atomic mass is 35.5. The van der Waals surface area contributed by atoms with Crippen LogP contribution in [0.5, 0.6) is 0 Å². The molecule has 0 atom stereocenters. The average molecular weight is 447 g/mol. The number of amides is 1. The Balaban J connectivity index is 1.93. The van der Waals surface area contributed by atoms with Gasteiger partial charge in [0.1, 0.15) is 0 Å². The van der Waals surface area contributed by atoms with Gasteiger partial charge in [0.25, 0.3) is 15.9 Å². The van der Waals surface area contributed by atoms with Crippen LogP contribution in [0.1, 0.15) is 42.5 Å². The third-order valence-corrected chi connectivity index (χ3v) is 7.62. The Morgan fingerprint density at radius 3 is 2.50 bits per heavy atom. The minimum absolute atomic E-state index is 0.0483. The van der Waals surface area contributed by atoms with Crippen LogP contribution in [0.3, 0.4) is 0 Å². The molecule has 1 aliphatic carbocycles. The molecule has 7 heteroatoms. The van der Waals surface area contributed by atoms with E-state index in [1.807, 2.05) is 0 Å². The number of sulfonamides is 1. The first-order valence-corrected chi connectivity index (χ1v) is 11.9. The van der Waals surface area contributed by atoms with Crippen molar-refractivity contribution in [2.24, 2.45) is 0 Å². The van der Waals surface area contributed by atoms with E-state index in [4.69, 9.17) is 11.6 Å². The van der Waals surface area contributed by atoms with Crippen LogP contribution in [0.15, 0.2) is 66.1 Å². The number of carbonyl (C=O) groups excluding carboxylic acids is 1. The van der Waals surface area contributed by atoms with Crippen LogP contribution < -0.4 is 4.31 Å². The summed E-state index contributed by atoms with van der Waals surface area (Å²) in [5.41, 5.74) is 0.733. The fourth-order valence-corrected chi connectivity index (χ4v) is 5.64. The summed E-state index contributed by atoms with van der Waals surface area (Å²) in [6.45, 7) is 3.74. The first-order chi connectivity index (χ1) is 14.4. The number of carbonyl (C=O) groups is 1. The minimum atomic E-state index is -3.94. The monoisotopic (exact) mass is 446 g/mol. The Bertz CT molecular complexity index is 1020. The Kier molecular flexibility index (Phi) is 7.21. The van der Waals surface area contributed by atoms with E-state index in [-0.39, 0.29) is 23.4 Å². The molecule has 5 nitrogen and oxygen atoms in total. The molecule has 0 radical (unpaired) electrons. The number of anilines is 1. The normalized spacial score (nSPS) is 14.9. The molecule has 1 amide bonds. The molecule has 0 bridgehead atoms. The third-order valence-electron chi connectivity index (χ3n) is 5.53. The van der Waals surface area contributed by atoms with Gasteiger partial charge in [-0.3, -0.25) is 9.10 Å². The second kappa shape index (κ2) is 9.67. The van der Waals surface area contributed by atoms with Crippen LogP contribution in [0.4, 0.5) is 5.69 Å². The quantitative estimate of drug-likeness (QED) is 0.554. The zero-order chi connectivity index (χ0) is 21.7. The molecule has 30 heavy (non-hydrogen) atoms. The van der Waals surface area contributed by atoms with Gasteiger partial charge in [0, 0.05) is 18.7 Å². The lowest BCUT2D eigenvalue weighted by atomic mass is 9.94. The molecule has 0 spiro atoms. The number of hydrogen-bond acceptors (Lipinski definition) is 3. The van der Waals surface area contributed by atoms with Crippen molar-refractivity contribution in [1.29, 1.82) is 0 Å². The van der Waals surface area contributed by atoms with Gasteiger partial charge in [-0.2, -0.15) is 0 Å². The van der Waals surface area contributed by atoms with Gasteiger partial charge in [-0.1, -0.05) is 55.1 Å². The Morgan fingerprint density at radius 1 is 1.13 bits per heavy atom. The van der Waals surface area contributed by atoms with E-state index in [0.29, 0.717) is 16.3 Å². The maximum absolute atomic E-state index is 13.4. The van der Waals surface area contributed by atoms with Gasteiger partial charge in [-0.15, -0.1) is 6.58 Å². The topological polar surface area (TPSA) is 57.7 Å². The van der Waals surface area contributed by atoms with Crippen molar-refractivity contribution in [1.82, 2.24) is 4.90 Å². The molecular formula is C23H27ClN2O3S. The highest BCUT2D eigenvalue weighted by Gasteiger charge is 2.28. The number of rotatable bonds is 7. The zero-order valence-corrected chi connectivity index (χ0v) is 18.7.